The number of amides is 1. The lowest BCUT2D eigenvalue weighted by Gasteiger charge is -2.14. The molecule has 2 aromatic rings. The molecule has 1 fully saturated rings. The first kappa shape index (κ1) is 16.4. The van der Waals surface area contributed by atoms with Gasteiger partial charge in [0.05, 0.1) is 13.2 Å². The van der Waals surface area contributed by atoms with Crippen molar-refractivity contribution in [3.8, 4) is 0 Å². The number of pyridine rings is 1. The molecule has 24 heavy (non-hydrogen) atoms. The third kappa shape index (κ3) is 4.77. The van der Waals surface area contributed by atoms with Crippen LogP contribution in [0.2, 0.25) is 0 Å². The predicted octanol–water partition coefficient (Wildman–Crippen LogP) is 3.16. The summed E-state index contributed by atoms with van der Waals surface area (Å²) in [5, 5.41) is 0. The molecular formula is C20H22N2O2. The van der Waals surface area contributed by atoms with E-state index in [4.69, 9.17) is 4.74 Å². The van der Waals surface area contributed by atoms with Gasteiger partial charge in [-0.2, -0.15) is 0 Å². The summed E-state index contributed by atoms with van der Waals surface area (Å²) in [6.07, 6.45) is 7.91. The number of hydrogen-bond donors (Lipinski definition) is 0. The Labute approximate surface area is 142 Å². The molecule has 1 aromatic heterocycles. The van der Waals surface area contributed by atoms with E-state index in [9.17, 15) is 4.79 Å². The number of aromatic nitrogens is 1. The highest BCUT2D eigenvalue weighted by Gasteiger charge is 2.25. The monoisotopic (exact) mass is 322 g/mol. The van der Waals surface area contributed by atoms with Gasteiger partial charge in [-0.15, -0.1) is 0 Å². The third-order valence-corrected chi connectivity index (χ3v) is 4.17. The summed E-state index contributed by atoms with van der Waals surface area (Å²) >= 11 is 0. The molecule has 0 bridgehead atoms. The summed E-state index contributed by atoms with van der Waals surface area (Å²) in [6, 6.07) is 14.0. The Kier molecular flexibility index (Phi) is 5.75. The van der Waals surface area contributed by atoms with Gasteiger partial charge >= 0.3 is 0 Å². The van der Waals surface area contributed by atoms with Crippen LogP contribution < -0.4 is 0 Å². The van der Waals surface area contributed by atoms with Crippen LogP contribution in [0.15, 0.2) is 60.9 Å². The van der Waals surface area contributed by atoms with Gasteiger partial charge in [-0.05, 0) is 29.7 Å². The molecule has 0 N–H and O–H groups in total. The van der Waals surface area contributed by atoms with Crippen LogP contribution >= 0.6 is 0 Å². The van der Waals surface area contributed by atoms with E-state index in [-0.39, 0.29) is 5.91 Å². The van der Waals surface area contributed by atoms with Crippen LogP contribution in [-0.2, 0) is 16.1 Å². The van der Waals surface area contributed by atoms with Crippen molar-refractivity contribution in [1.82, 2.24) is 9.88 Å². The molecule has 1 unspecified atom stereocenters. The van der Waals surface area contributed by atoms with Crippen molar-refractivity contribution in [2.24, 2.45) is 5.92 Å². The van der Waals surface area contributed by atoms with Crippen LogP contribution in [0.25, 0.3) is 6.08 Å². The summed E-state index contributed by atoms with van der Waals surface area (Å²) in [5.74, 6) is 0.480. The fourth-order valence-corrected chi connectivity index (χ4v) is 2.83. The van der Waals surface area contributed by atoms with E-state index in [1.807, 2.05) is 41.3 Å². The molecule has 0 spiro atoms. The fourth-order valence-electron chi connectivity index (χ4n) is 2.83. The van der Waals surface area contributed by atoms with E-state index in [2.05, 4.69) is 17.1 Å². The Morgan fingerprint density at radius 1 is 1.25 bits per heavy atom. The van der Waals surface area contributed by atoms with Crippen LogP contribution in [-0.4, -0.2) is 35.5 Å². The van der Waals surface area contributed by atoms with Crippen molar-refractivity contribution < 1.29 is 9.53 Å². The summed E-state index contributed by atoms with van der Waals surface area (Å²) in [6.45, 7) is 2.90. The number of nitrogens with zero attached hydrogens (tertiary/aromatic N) is 2. The molecule has 0 saturated carbocycles. The molecule has 1 saturated heterocycles. The SMILES string of the molecule is O=C(C=Cc1cccnc1)N1CCC(COCc2ccccc2)C1. The van der Waals surface area contributed by atoms with E-state index in [1.165, 1.54) is 5.56 Å². The topological polar surface area (TPSA) is 42.4 Å². The van der Waals surface area contributed by atoms with Crippen LogP contribution in [0.5, 0.6) is 0 Å². The molecule has 4 heteroatoms. The Morgan fingerprint density at radius 3 is 2.92 bits per heavy atom. The van der Waals surface area contributed by atoms with Gasteiger partial charge in [0.2, 0.25) is 5.91 Å². The number of carbonyl (C=O) groups excluding carboxylic acids is 1. The van der Waals surface area contributed by atoms with Gasteiger partial charge in [-0.3, -0.25) is 9.78 Å². The lowest BCUT2D eigenvalue weighted by atomic mass is 10.1. The van der Waals surface area contributed by atoms with Crippen LogP contribution in [0.3, 0.4) is 0 Å². The minimum Gasteiger partial charge on any atom is -0.376 e. The van der Waals surface area contributed by atoms with Crippen LogP contribution in [0.1, 0.15) is 17.5 Å². The molecule has 2 heterocycles. The second-order valence-corrected chi connectivity index (χ2v) is 6.06. The number of rotatable bonds is 6. The molecule has 3 rings (SSSR count). The van der Waals surface area contributed by atoms with Crippen molar-refractivity contribution in [2.45, 2.75) is 13.0 Å². The zero-order valence-electron chi connectivity index (χ0n) is 13.7. The van der Waals surface area contributed by atoms with Gasteiger partial charge in [0.25, 0.3) is 0 Å². The Bertz CT molecular complexity index is 671. The smallest absolute Gasteiger partial charge is 0.246 e. The average molecular weight is 322 g/mol. The summed E-state index contributed by atoms with van der Waals surface area (Å²) in [5.41, 5.74) is 2.12. The van der Waals surface area contributed by atoms with E-state index in [1.54, 1.807) is 18.5 Å². The van der Waals surface area contributed by atoms with Gasteiger partial charge in [0.1, 0.15) is 0 Å². The highest BCUT2D eigenvalue weighted by atomic mass is 16.5. The van der Waals surface area contributed by atoms with Crippen LogP contribution in [0, 0.1) is 5.92 Å². The molecule has 4 nitrogen and oxygen atoms in total. The first-order valence-corrected chi connectivity index (χ1v) is 8.30. The molecule has 1 atom stereocenters. The van der Waals surface area contributed by atoms with Gasteiger partial charge in [-0.25, -0.2) is 0 Å². The highest BCUT2D eigenvalue weighted by molar-refractivity contribution is 5.91. The second kappa shape index (κ2) is 8.41. The Morgan fingerprint density at radius 2 is 2.12 bits per heavy atom. The van der Waals surface area contributed by atoms with Crippen molar-refractivity contribution >= 4 is 12.0 Å². The van der Waals surface area contributed by atoms with Crippen molar-refractivity contribution in [3.05, 3.63) is 72.1 Å². The summed E-state index contributed by atoms with van der Waals surface area (Å²) in [4.78, 5) is 18.2. The minimum absolute atomic E-state index is 0.0596. The lowest BCUT2D eigenvalue weighted by molar-refractivity contribution is -0.125. The first-order valence-electron chi connectivity index (χ1n) is 8.30. The molecule has 124 valence electrons. The number of ether oxygens (including phenoxy) is 1. The second-order valence-electron chi connectivity index (χ2n) is 6.06. The average Bonchev–Trinajstić information content (AvgIpc) is 3.10. The maximum atomic E-state index is 12.2. The van der Waals surface area contributed by atoms with Gasteiger partial charge in [0, 0.05) is 37.5 Å². The van der Waals surface area contributed by atoms with Gasteiger partial charge < -0.3 is 9.64 Å². The molecule has 1 amide bonds. The third-order valence-electron chi connectivity index (χ3n) is 4.17. The normalized spacial score (nSPS) is 17.5. The highest BCUT2D eigenvalue weighted by Crippen LogP contribution is 2.18. The van der Waals surface area contributed by atoms with E-state index in [0.717, 1.165) is 25.1 Å². The number of carbonyl (C=O) groups is 1. The minimum atomic E-state index is 0.0596. The first-order chi connectivity index (χ1) is 11.8. The number of likely N-dealkylation sites (tertiary alicyclic amines) is 1. The molecular weight excluding hydrogens is 300 g/mol. The van der Waals surface area contributed by atoms with E-state index < -0.39 is 0 Å². The molecule has 1 aliphatic heterocycles. The lowest BCUT2D eigenvalue weighted by Crippen LogP contribution is -2.27. The zero-order valence-corrected chi connectivity index (χ0v) is 13.7. The molecule has 0 radical (unpaired) electrons. The molecule has 1 aromatic carbocycles. The molecule has 1 aliphatic rings. The van der Waals surface area contributed by atoms with E-state index in [0.29, 0.717) is 19.1 Å². The quantitative estimate of drug-likeness (QED) is 0.767. The standard InChI is InChI=1S/C20H22N2O2/c23-20(9-8-17-7-4-11-21-13-17)22-12-10-19(14-22)16-24-15-18-5-2-1-3-6-18/h1-9,11,13,19H,10,12,14-16H2. The van der Waals surface area contributed by atoms with Crippen molar-refractivity contribution in [3.63, 3.8) is 0 Å². The van der Waals surface area contributed by atoms with E-state index >= 15 is 0 Å². The zero-order chi connectivity index (χ0) is 16.6. The largest absolute Gasteiger partial charge is 0.376 e. The van der Waals surface area contributed by atoms with Crippen molar-refractivity contribution in [1.29, 1.82) is 0 Å². The maximum absolute atomic E-state index is 12.2. The summed E-state index contributed by atoms with van der Waals surface area (Å²) in [7, 11) is 0. The Balaban J connectivity index is 1.41. The summed E-state index contributed by atoms with van der Waals surface area (Å²) < 4.78 is 5.80. The van der Waals surface area contributed by atoms with Gasteiger partial charge in [-0.1, -0.05) is 36.4 Å². The van der Waals surface area contributed by atoms with Crippen molar-refractivity contribution in [2.75, 3.05) is 19.7 Å². The Hall–Kier alpha value is -2.46. The van der Waals surface area contributed by atoms with Crippen LogP contribution in [0.4, 0.5) is 0 Å². The number of benzene rings is 1. The predicted molar refractivity (Wildman–Crippen MR) is 94.1 cm³/mol. The number of hydrogen-bond acceptors (Lipinski definition) is 3. The fraction of sp³-hybridized carbons (Fsp3) is 0.300. The maximum Gasteiger partial charge on any atom is 0.246 e. The van der Waals surface area contributed by atoms with Gasteiger partial charge in [0.15, 0.2) is 0 Å². The molecule has 0 aliphatic carbocycles.